The van der Waals surface area contributed by atoms with Crippen LogP contribution in [0.5, 0.6) is 0 Å². The van der Waals surface area contributed by atoms with Gasteiger partial charge in [0.25, 0.3) is 0 Å². The SMILES string of the molecule is NC(=O)OCc1c(Br)ccc2c1Cc1cc(Br)ccc1-2. The molecule has 2 aromatic rings. The lowest BCUT2D eigenvalue weighted by Crippen LogP contribution is -2.13. The Balaban J connectivity index is 2.07. The van der Waals surface area contributed by atoms with Gasteiger partial charge in [0.05, 0.1) is 0 Å². The summed E-state index contributed by atoms with van der Waals surface area (Å²) in [6.07, 6.45) is 0.0776. The number of fused-ring (bicyclic) bond motifs is 3. The fraction of sp³-hybridized carbons (Fsp3) is 0.133. The molecule has 0 fully saturated rings. The predicted octanol–water partition coefficient (Wildman–Crippen LogP) is 4.38. The summed E-state index contributed by atoms with van der Waals surface area (Å²) in [5.74, 6) is 0. The predicted molar refractivity (Wildman–Crippen MR) is 84.5 cm³/mol. The Morgan fingerprint density at radius 1 is 1.20 bits per heavy atom. The molecule has 0 saturated heterocycles. The quantitative estimate of drug-likeness (QED) is 0.698. The van der Waals surface area contributed by atoms with Crippen LogP contribution in [-0.2, 0) is 17.8 Å². The maximum absolute atomic E-state index is 10.8. The van der Waals surface area contributed by atoms with E-state index in [1.165, 1.54) is 22.3 Å². The fourth-order valence-electron chi connectivity index (χ4n) is 2.58. The van der Waals surface area contributed by atoms with Crippen molar-refractivity contribution in [2.24, 2.45) is 5.73 Å². The molecule has 0 aromatic heterocycles. The highest BCUT2D eigenvalue weighted by Gasteiger charge is 2.23. The van der Waals surface area contributed by atoms with Gasteiger partial charge >= 0.3 is 6.09 Å². The summed E-state index contributed by atoms with van der Waals surface area (Å²) < 4.78 is 6.96. The Hall–Kier alpha value is -1.33. The first-order valence-electron chi connectivity index (χ1n) is 6.07. The summed E-state index contributed by atoms with van der Waals surface area (Å²) in [6.45, 7) is 0.189. The highest BCUT2D eigenvalue weighted by atomic mass is 79.9. The molecule has 2 aromatic carbocycles. The maximum Gasteiger partial charge on any atom is 0.404 e. The Bertz CT molecular complexity index is 713. The third kappa shape index (κ3) is 2.36. The van der Waals surface area contributed by atoms with Gasteiger partial charge in [0.2, 0.25) is 0 Å². The zero-order valence-corrected chi connectivity index (χ0v) is 13.6. The largest absolute Gasteiger partial charge is 0.445 e. The molecule has 3 rings (SSSR count). The van der Waals surface area contributed by atoms with E-state index in [2.05, 4.69) is 50.1 Å². The number of hydrogen-bond donors (Lipinski definition) is 1. The molecule has 1 aliphatic carbocycles. The second kappa shape index (κ2) is 5.22. The van der Waals surface area contributed by atoms with Gasteiger partial charge in [0.1, 0.15) is 6.61 Å². The summed E-state index contributed by atoms with van der Waals surface area (Å²) in [7, 11) is 0. The van der Waals surface area contributed by atoms with Crippen LogP contribution < -0.4 is 5.73 Å². The van der Waals surface area contributed by atoms with Crippen molar-refractivity contribution < 1.29 is 9.53 Å². The lowest BCUT2D eigenvalue weighted by atomic mass is 10.0. The molecule has 3 nitrogen and oxygen atoms in total. The van der Waals surface area contributed by atoms with E-state index in [9.17, 15) is 4.79 Å². The van der Waals surface area contributed by atoms with E-state index in [0.717, 1.165) is 20.9 Å². The van der Waals surface area contributed by atoms with Crippen LogP contribution in [0.25, 0.3) is 11.1 Å². The molecule has 102 valence electrons. The van der Waals surface area contributed by atoms with Crippen molar-refractivity contribution in [1.29, 1.82) is 0 Å². The van der Waals surface area contributed by atoms with Crippen molar-refractivity contribution in [3.63, 3.8) is 0 Å². The highest BCUT2D eigenvalue weighted by molar-refractivity contribution is 9.10. The first kappa shape index (κ1) is 13.6. The molecule has 0 unspecified atom stereocenters. The molecular formula is C15H11Br2NO2. The number of nitrogens with two attached hydrogens (primary N) is 1. The zero-order valence-electron chi connectivity index (χ0n) is 10.5. The summed E-state index contributed by atoms with van der Waals surface area (Å²) in [5.41, 5.74) is 10.9. The third-order valence-electron chi connectivity index (χ3n) is 3.46. The second-order valence-electron chi connectivity index (χ2n) is 4.64. The van der Waals surface area contributed by atoms with Crippen LogP contribution in [-0.4, -0.2) is 6.09 Å². The van der Waals surface area contributed by atoms with Crippen LogP contribution in [0, 0.1) is 0 Å². The molecule has 2 N–H and O–H groups in total. The van der Waals surface area contributed by atoms with Crippen molar-refractivity contribution in [2.75, 3.05) is 0 Å². The number of benzene rings is 2. The van der Waals surface area contributed by atoms with Gasteiger partial charge in [-0.25, -0.2) is 4.79 Å². The van der Waals surface area contributed by atoms with Crippen LogP contribution in [0.15, 0.2) is 39.3 Å². The van der Waals surface area contributed by atoms with E-state index >= 15 is 0 Å². The minimum Gasteiger partial charge on any atom is -0.445 e. The Morgan fingerprint density at radius 3 is 2.70 bits per heavy atom. The van der Waals surface area contributed by atoms with Crippen LogP contribution in [0.3, 0.4) is 0 Å². The first-order valence-corrected chi connectivity index (χ1v) is 7.66. The first-order chi connectivity index (χ1) is 9.56. The molecular weight excluding hydrogens is 386 g/mol. The van der Waals surface area contributed by atoms with Gasteiger partial charge < -0.3 is 10.5 Å². The van der Waals surface area contributed by atoms with E-state index in [1.807, 2.05) is 12.1 Å². The summed E-state index contributed by atoms with van der Waals surface area (Å²) in [4.78, 5) is 10.8. The van der Waals surface area contributed by atoms with E-state index in [1.54, 1.807) is 0 Å². The van der Waals surface area contributed by atoms with Gasteiger partial charge in [0.15, 0.2) is 0 Å². The van der Waals surface area contributed by atoms with Gasteiger partial charge in [-0.1, -0.05) is 44.0 Å². The smallest absolute Gasteiger partial charge is 0.404 e. The molecule has 1 amide bonds. The molecule has 0 atom stereocenters. The molecule has 20 heavy (non-hydrogen) atoms. The fourth-order valence-corrected chi connectivity index (χ4v) is 3.47. The summed E-state index contributed by atoms with van der Waals surface area (Å²) in [5, 5.41) is 0. The van der Waals surface area contributed by atoms with E-state index in [4.69, 9.17) is 10.5 Å². The van der Waals surface area contributed by atoms with Crippen LogP contribution in [0.1, 0.15) is 16.7 Å². The molecule has 0 saturated carbocycles. The number of carbonyl (C=O) groups is 1. The molecule has 0 heterocycles. The highest BCUT2D eigenvalue weighted by Crippen LogP contribution is 2.41. The average Bonchev–Trinajstić information content (AvgIpc) is 2.74. The Labute approximate surface area is 133 Å². The van der Waals surface area contributed by atoms with E-state index in [0.29, 0.717) is 0 Å². The number of primary amides is 1. The minimum absolute atomic E-state index is 0.189. The van der Waals surface area contributed by atoms with Gasteiger partial charge in [-0.15, -0.1) is 0 Å². The lowest BCUT2D eigenvalue weighted by Gasteiger charge is -2.11. The van der Waals surface area contributed by atoms with Crippen molar-refractivity contribution >= 4 is 38.0 Å². The van der Waals surface area contributed by atoms with Gasteiger partial charge in [-0.2, -0.15) is 0 Å². The number of rotatable bonds is 2. The summed E-state index contributed by atoms with van der Waals surface area (Å²) >= 11 is 7.02. The van der Waals surface area contributed by atoms with Crippen molar-refractivity contribution in [3.8, 4) is 11.1 Å². The molecule has 0 aliphatic heterocycles. The van der Waals surface area contributed by atoms with E-state index < -0.39 is 6.09 Å². The number of ether oxygens (including phenoxy) is 1. The Morgan fingerprint density at radius 2 is 1.95 bits per heavy atom. The summed E-state index contributed by atoms with van der Waals surface area (Å²) in [6, 6.07) is 10.3. The van der Waals surface area contributed by atoms with Crippen LogP contribution >= 0.6 is 31.9 Å². The zero-order chi connectivity index (χ0) is 14.3. The minimum atomic E-state index is -0.757. The second-order valence-corrected chi connectivity index (χ2v) is 6.41. The average molecular weight is 397 g/mol. The van der Waals surface area contributed by atoms with Gasteiger partial charge in [0, 0.05) is 14.5 Å². The molecule has 1 aliphatic rings. The van der Waals surface area contributed by atoms with Gasteiger partial charge in [-0.05, 0) is 46.9 Å². The molecule has 0 bridgehead atoms. The standard InChI is InChI=1S/C15H11Br2NO2/c16-9-1-2-10-8(5-9)6-12-11(10)3-4-14(17)13(12)7-20-15(18)19/h1-5H,6-7H2,(H2,18,19). The van der Waals surface area contributed by atoms with Crippen molar-refractivity contribution in [2.45, 2.75) is 13.0 Å². The number of carbonyl (C=O) groups excluding carboxylic acids is 1. The third-order valence-corrected chi connectivity index (χ3v) is 4.69. The van der Waals surface area contributed by atoms with Crippen molar-refractivity contribution in [3.05, 3.63) is 56.0 Å². The topological polar surface area (TPSA) is 52.3 Å². The van der Waals surface area contributed by atoms with E-state index in [-0.39, 0.29) is 6.61 Å². The lowest BCUT2D eigenvalue weighted by molar-refractivity contribution is 0.150. The number of hydrogen-bond acceptors (Lipinski definition) is 2. The monoisotopic (exact) mass is 395 g/mol. The van der Waals surface area contributed by atoms with Crippen LogP contribution in [0.2, 0.25) is 0 Å². The number of amides is 1. The number of halogens is 2. The van der Waals surface area contributed by atoms with Gasteiger partial charge in [-0.3, -0.25) is 0 Å². The normalized spacial score (nSPS) is 11.9. The van der Waals surface area contributed by atoms with Crippen molar-refractivity contribution in [1.82, 2.24) is 0 Å². The Kier molecular flexibility index (Phi) is 3.56. The maximum atomic E-state index is 10.8. The van der Waals surface area contributed by atoms with Crippen LogP contribution in [0.4, 0.5) is 4.79 Å². The molecule has 5 heteroatoms. The molecule has 0 radical (unpaired) electrons. The molecule has 0 spiro atoms.